The normalized spacial score (nSPS) is 12.0. The fourth-order valence-corrected chi connectivity index (χ4v) is 2.64. The van der Waals surface area contributed by atoms with Crippen molar-refractivity contribution in [2.24, 2.45) is 5.10 Å². The number of nitro benzene ring substituents is 1. The summed E-state index contributed by atoms with van der Waals surface area (Å²) in [4.78, 5) is 16.2. The molecule has 1 aromatic heterocycles. The lowest BCUT2D eigenvalue weighted by molar-refractivity contribution is -0.385. The highest BCUT2D eigenvalue weighted by atomic mass is 32.2. The van der Waals surface area contributed by atoms with E-state index < -0.39 is 14.9 Å². The molecule has 0 radical (unpaired) electrons. The van der Waals surface area contributed by atoms with Crippen LogP contribution >= 0.6 is 0 Å². The Morgan fingerprint density at radius 1 is 1.30 bits per heavy atom. The number of rotatable bonds is 5. The summed E-state index contributed by atoms with van der Waals surface area (Å²) in [5.74, 6) is 0. The number of hydrazone groups is 1. The molecule has 1 heterocycles. The Labute approximate surface area is 133 Å². The molecule has 23 heavy (non-hydrogen) atoms. The number of aryl methyl sites for hydroxylation is 1. The molecule has 1 aromatic carbocycles. The van der Waals surface area contributed by atoms with Gasteiger partial charge < -0.3 is 0 Å². The van der Waals surface area contributed by atoms with Crippen LogP contribution in [0.1, 0.15) is 18.2 Å². The number of nitro groups is 1. The van der Waals surface area contributed by atoms with E-state index in [4.69, 9.17) is 0 Å². The molecule has 0 bridgehead atoms. The second kappa shape index (κ2) is 6.53. The van der Waals surface area contributed by atoms with Crippen LogP contribution in [0.5, 0.6) is 0 Å². The number of pyridine rings is 1. The average molecular weight is 334 g/mol. The van der Waals surface area contributed by atoms with Crippen LogP contribution in [0.2, 0.25) is 0 Å². The van der Waals surface area contributed by atoms with E-state index in [1.807, 2.05) is 0 Å². The van der Waals surface area contributed by atoms with Gasteiger partial charge >= 0.3 is 0 Å². The van der Waals surface area contributed by atoms with Gasteiger partial charge in [-0.05, 0) is 32.0 Å². The highest BCUT2D eigenvalue weighted by Crippen LogP contribution is 2.22. The van der Waals surface area contributed by atoms with Crippen molar-refractivity contribution in [3.05, 3.63) is 64.0 Å². The third-order valence-electron chi connectivity index (χ3n) is 3.06. The zero-order valence-electron chi connectivity index (χ0n) is 12.4. The Morgan fingerprint density at radius 3 is 2.65 bits per heavy atom. The van der Waals surface area contributed by atoms with Crippen molar-refractivity contribution in [1.82, 2.24) is 9.82 Å². The van der Waals surface area contributed by atoms with E-state index >= 15 is 0 Å². The number of sulfonamides is 1. The molecule has 0 aliphatic rings. The van der Waals surface area contributed by atoms with Crippen LogP contribution in [0.3, 0.4) is 0 Å². The van der Waals surface area contributed by atoms with Crippen LogP contribution in [0, 0.1) is 17.0 Å². The lowest BCUT2D eigenvalue weighted by Crippen LogP contribution is -2.20. The molecule has 0 saturated heterocycles. The van der Waals surface area contributed by atoms with Crippen molar-refractivity contribution in [3.8, 4) is 0 Å². The molecule has 0 spiro atoms. The Kier molecular flexibility index (Phi) is 4.70. The number of nitrogens with zero attached hydrogens (tertiary/aromatic N) is 3. The summed E-state index contributed by atoms with van der Waals surface area (Å²) >= 11 is 0. The molecule has 120 valence electrons. The molecule has 0 aliphatic heterocycles. The number of nitrogens with one attached hydrogen (secondary N) is 1. The molecule has 2 rings (SSSR count). The summed E-state index contributed by atoms with van der Waals surface area (Å²) < 4.78 is 24.4. The molecule has 0 atom stereocenters. The minimum Gasteiger partial charge on any atom is -0.258 e. The first-order valence-electron chi connectivity index (χ1n) is 6.54. The van der Waals surface area contributed by atoms with Gasteiger partial charge in [0.1, 0.15) is 0 Å². The Hall–Kier alpha value is -2.81. The smallest absolute Gasteiger partial charge is 0.258 e. The average Bonchev–Trinajstić information content (AvgIpc) is 2.53. The minimum absolute atomic E-state index is 0.229. The predicted octanol–water partition coefficient (Wildman–Crippen LogP) is 2.00. The molecule has 0 saturated carbocycles. The largest absolute Gasteiger partial charge is 0.276 e. The highest BCUT2D eigenvalue weighted by molar-refractivity contribution is 7.89. The summed E-state index contributed by atoms with van der Waals surface area (Å²) in [6.45, 7) is 3.13. The lowest BCUT2D eigenvalue weighted by atomic mass is 10.2. The zero-order chi connectivity index (χ0) is 17.0. The Morgan fingerprint density at radius 2 is 2.04 bits per heavy atom. The first-order chi connectivity index (χ1) is 10.8. The van der Waals surface area contributed by atoms with Crippen LogP contribution in [-0.4, -0.2) is 24.0 Å². The van der Waals surface area contributed by atoms with E-state index in [1.165, 1.54) is 19.1 Å². The van der Waals surface area contributed by atoms with Gasteiger partial charge in [-0.1, -0.05) is 12.1 Å². The number of aromatic nitrogens is 1. The first kappa shape index (κ1) is 16.6. The van der Waals surface area contributed by atoms with Crippen molar-refractivity contribution < 1.29 is 13.3 Å². The van der Waals surface area contributed by atoms with Gasteiger partial charge in [0, 0.05) is 17.8 Å². The van der Waals surface area contributed by atoms with Gasteiger partial charge in [-0.15, -0.1) is 0 Å². The number of hydrogen-bond acceptors (Lipinski definition) is 6. The monoisotopic (exact) mass is 334 g/mol. The summed E-state index contributed by atoms with van der Waals surface area (Å²) in [7, 11) is -4.01. The van der Waals surface area contributed by atoms with Gasteiger partial charge in [-0.3, -0.25) is 15.1 Å². The van der Waals surface area contributed by atoms with Crippen LogP contribution < -0.4 is 4.83 Å². The van der Waals surface area contributed by atoms with Gasteiger partial charge in [0.2, 0.25) is 0 Å². The van der Waals surface area contributed by atoms with Crippen molar-refractivity contribution >= 4 is 21.4 Å². The lowest BCUT2D eigenvalue weighted by Gasteiger charge is -2.06. The van der Waals surface area contributed by atoms with Crippen molar-refractivity contribution in [1.29, 1.82) is 0 Å². The molecule has 0 aliphatic carbocycles. The van der Waals surface area contributed by atoms with E-state index in [9.17, 15) is 18.5 Å². The van der Waals surface area contributed by atoms with Crippen LogP contribution in [-0.2, 0) is 10.0 Å². The van der Waals surface area contributed by atoms with E-state index in [-0.39, 0.29) is 10.6 Å². The first-order valence-corrected chi connectivity index (χ1v) is 8.02. The fourth-order valence-electron chi connectivity index (χ4n) is 1.77. The molecule has 2 aromatic rings. The van der Waals surface area contributed by atoms with E-state index in [0.29, 0.717) is 17.0 Å². The summed E-state index contributed by atoms with van der Waals surface area (Å²) in [5.41, 5.74) is 1.00. The summed E-state index contributed by atoms with van der Waals surface area (Å²) in [6, 6.07) is 8.83. The second-order valence-corrected chi connectivity index (χ2v) is 6.37. The predicted molar refractivity (Wildman–Crippen MR) is 84.6 cm³/mol. The molecule has 0 amide bonds. The number of hydrogen-bond donors (Lipinski definition) is 1. The van der Waals surface area contributed by atoms with Gasteiger partial charge in [0.05, 0.1) is 21.2 Å². The molecular weight excluding hydrogens is 320 g/mol. The third-order valence-corrected chi connectivity index (χ3v) is 4.26. The van der Waals surface area contributed by atoms with E-state index in [0.717, 1.165) is 6.07 Å². The quantitative estimate of drug-likeness (QED) is 0.510. The maximum absolute atomic E-state index is 12.2. The van der Waals surface area contributed by atoms with Crippen molar-refractivity contribution in [2.45, 2.75) is 18.7 Å². The third kappa shape index (κ3) is 3.89. The summed E-state index contributed by atoms with van der Waals surface area (Å²) in [5, 5.41) is 14.7. The van der Waals surface area contributed by atoms with E-state index in [2.05, 4.69) is 14.9 Å². The maximum atomic E-state index is 12.2. The Bertz CT molecular complexity index is 864. The molecule has 0 fully saturated rings. The molecule has 8 nitrogen and oxygen atoms in total. The standard InChI is InChI=1S/C14H14N4O4S/c1-10-6-7-12(9-14(10)18(19)20)23(21,22)17-16-11(2)13-5-3-4-8-15-13/h3-9,17H,1-2H3/b16-11-. The molecule has 9 heteroatoms. The Balaban J connectivity index is 2.29. The van der Waals surface area contributed by atoms with Crippen LogP contribution in [0.25, 0.3) is 0 Å². The molecular formula is C14H14N4O4S. The highest BCUT2D eigenvalue weighted by Gasteiger charge is 2.19. The topological polar surface area (TPSA) is 115 Å². The van der Waals surface area contributed by atoms with Gasteiger partial charge in [-0.25, -0.2) is 0 Å². The van der Waals surface area contributed by atoms with Gasteiger partial charge in [0.15, 0.2) is 0 Å². The van der Waals surface area contributed by atoms with E-state index in [1.54, 1.807) is 31.3 Å². The molecule has 1 N–H and O–H groups in total. The molecule has 0 unspecified atom stereocenters. The second-order valence-electron chi connectivity index (χ2n) is 4.71. The minimum atomic E-state index is -4.01. The maximum Gasteiger partial charge on any atom is 0.276 e. The zero-order valence-corrected chi connectivity index (χ0v) is 13.2. The number of benzene rings is 1. The fraction of sp³-hybridized carbons (Fsp3) is 0.143. The van der Waals surface area contributed by atoms with Crippen molar-refractivity contribution in [2.75, 3.05) is 0 Å². The van der Waals surface area contributed by atoms with Crippen LogP contribution in [0.4, 0.5) is 5.69 Å². The van der Waals surface area contributed by atoms with Crippen molar-refractivity contribution in [3.63, 3.8) is 0 Å². The SMILES string of the molecule is C/C(=N/NS(=O)(=O)c1ccc(C)c([N+](=O)[O-])c1)c1ccccn1. The van der Waals surface area contributed by atoms with Gasteiger partial charge in [0.25, 0.3) is 15.7 Å². The summed E-state index contributed by atoms with van der Waals surface area (Å²) in [6.07, 6.45) is 1.56. The van der Waals surface area contributed by atoms with Crippen LogP contribution in [0.15, 0.2) is 52.6 Å². The van der Waals surface area contributed by atoms with Gasteiger partial charge in [-0.2, -0.15) is 18.4 Å².